The van der Waals surface area contributed by atoms with Gasteiger partial charge in [-0.25, -0.2) is 0 Å². The minimum absolute atomic E-state index is 0.0329. The van der Waals surface area contributed by atoms with Crippen LogP contribution in [0, 0.1) is 0 Å². The molecule has 1 aromatic rings. The minimum Gasteiger partial charge on any atom is -0.487 e. The number of hydrogen-bond acceptors (Lipinski definition) is 4. The largest absolute Gasteiger partial charge is 0.487 e. The lowest BCUT2D eigenvalue weighted by Gasteiger charge is -2.19. The molecule has 0 aromatic heterocycles. The number of hydrogen-bond donors (Lipinski definition) is 0. The number of rotatable bonds is 10. The second-order valence-electron chi connectivity index (χ2n) is 6.19. The fraction of sp³-hybridized carbons (Fsp3) is 0.632. The average molecular weight is 321 g/mol. The van der Waals surface area contributed by atoms with E-state index >= 15 is 0 Å². The fourth-order valence-electron chi connectivity index (χ4n) is 2.32. The van der Waals surface area contributed by atoms with E-state index in [1.165, 1.54) is 0 Å². The number of Topliss-reactive ketones (excluding diaryl/α,β-unsaturated/α-hetero) is 1. The maximum absolute atomic E-state index is 12.4. The van der Waals surface area contributed by atoms with Crippen molar-refractivity contribution in [2.75, 3.05) is 19.6 Å². The summed E-state index contributed by atoms with van der Waals surface area (Å²) >= 11 is 0. The highest BCUT2D eigenvalue weighted by molar-refractivity contribution is 5.96. The van der Waals surface area contributed by atoms with Crippen LogP contribution in [0.1, 0.15) is 58.3 Å². The Hall–Kier alpha value is -1.55. The Morgan fingerprint density at radius 1 is 1.00 bits per heavy atom. The fourth-order valence-corrected chi connectivity index (χ4v) is 2.32. The molecule has 0 bridgehead atoms. The van der Waals surface area contributed by atoms with Crippen LogP contribution in [-0.2, 0) is 0 Å². The van der Waals surface area contributed by atoms with Crippen molar-refractivity contribution in [2.24, 2.45) is 0 Å². The van der Waals surface area contributed by atoms with Gasteiger partial charge in [-0.05, 0) is 59.0 Å². The summed E-state index contributed by atoms with van der Waals surface area (Å²) in [5.74, 6) is 1.47. The van der Waals surface area contributed by atoms with Gasteiger partial charge in [-0.3, -0.25) is 4.79 Å². The maximum atomic E-state index is 12.4. The van der Waals surface area contributed by atoms with Crippen molar-refractivity contribution in [3.05, 3.63) is 23.8 Å². The van der Waals surface area contributed by atoms with E-state index in [1.54, 1.807) is 0 Å². The molecule has 4 nitrogen and oxygen atoms in total. The number of carbonyl (C=O) groups excluding carboxylic acids is 1. The number of carbonyl (C=O) groups is 1. The van der Waals surface area contributed by atoms with E-state index in [-0.39, 0.29) is 18.0 Å². The molecule has 0 atom stereocenters. The first kappa shape index (κ1) is 19.5. The predicted molar refractivity (Wildman–Crippen MR) is 94.7 cm³/mol. The molecule has 0 aliphatic rings. The van der Waals surface area contributed by atoms with Crippen molar-refractivity contribution >= 4 is 5.78 Å². The first-order valence-electron chi connectivity index (χ1n) is 8.60. The zero-order valence-electron chi connectivity index (χ0n) is 15.4. The molecule has 1 rings (SSSR count). The van der Waals surface area contributed by atoms with Gasteiger partial charge in [0, 0.05) is 18.5 Å². The normalized spacial score (nSPS) is 11.3. The third-order valence-corrected chi connectivity index (χ3v) is 3.54. The molecule has 0 unspecified atom stereocenters. The molecule has 0 N–H and O–H groups in total. The lowest BCUT2D eigenvalue weighted by Crippen LogP contribution is -2.25. The van der Waals surface area contributed by atoms with Gasteiger partial charge in [0.15, 0.2) is 17.3 Å². The van der Waals surface area contributed by atoms with Gasteiger partial charge in [-0.2, -0.15) is 0 Å². The zero-order chi connectivity index (χ0) is 17.4. The second-order valence-corrected chi connectivity index (χ2v) is 6.19. The minimum atomic E-state index is 0.0329. The summed E-state index contributed by atoms with van der Waals surface area (Å²) in [6.07, 6.45) is 0.618. The van der Waals surface area contributed by atoms with E-state index in [2.05, 4.69) is 18.7 Å². The molecule has 23 heavy (non-hydrogen) atoms. The monoisotopic (exact) mass is 321 g/mol. The molecule has 130 valence electrons. The van der Waals surface area contributed by atoms with Crippen molar-refractivity contribution in [3.63, 3.8) is 0 Å². The van der Waals surface area contributed by atoms with Gasteiger partial charge in [0.2, 0.25) is 0 Å². The van der Waals surface area contributed by atoms with Crippen molar-refractivity contribution in [2.45, 2.75) is 60.2 Å². The van der Waals surface area contributed by atoms with Crippen LogP contribution in [0.5, 0.6) is 11.5 Å². The molecule has 0 spiro atoms. The standard InChI is InChI=1S/C19H31NO3/c1-7-20(8-2)12-11-17(21)16-9-10-18(22-14(3)4)19(13-16)23-15(5)6/h9-10,13-15H,7-8,11-12H2,1-6H3. The van der Waals surface area contributed by atoms with E-state index in [4.69, 9.17) is 9.47 Å². The topological polar surface area (TPSA) is 38.8 Å². The van der Waals surface area contributed by atoms with Crippen LogP contribution < -0.4 is 9.47 Å². The molecule has 4 heteroatoms. The van der Waals surface area contributed by atoms with Crippen LogP contribution >= 0.6 is 0 Å². The smallest absolute Gasteiger partial charge is 0.164 e. The third-order valence-electron chi connectivity index (χ3n) is 3.54. The first-order chi connectivity index (χ1) is 10.9. The van der Waals surface area contributed by atoms with E-state index in [1.807, 2.05) is 45.9 Å². The molecule has 0 radical (unpaired) electrons. The Kier molecular flexibility index (Phi) is 8.10. The Labute approximate surface area is 140 Å². The molecule has 0 saturated carbocycles. The summed E-state index contributed by atoms with van der Waals surface area (Å²) in [4.78, 5) is 14.7. The van der Waals surface area contributed by atoms with Gasteiger partial charge in [0.05, 0.1) is 12.2 Å². The number of nitrogens with zero attached hydrogens (tertiary/aromatic N) is 1. The molecule has 0 fully saturated rings. The zero-order valence-corrected chi connectivity index (χ0v) is 15.4. The summed E-state index contributed by atoms with van der Waals surface area (Å²) in [5, 5.41) is 0. The highest BCUT2D eigenvalue weighted by atomic mass is 16.5. The first-order valence-corrected chi connectivity index (χ1v) is 8.60. The summed E-state index contributed by atoms with van der Waals surface area (Å²) in [5.41, 5.74) is 0.684. The highest BCUT2D eigenvalue weighted by Crippen LogP contribution is 2.30. The molecule has 1 aromatic carbocycles. The van der Waals surface area contributed by atoms with Crippen LogP contribution in [0.2, 0.25) is 0 Å². The number of ketones is 1. The van der Waals surface area contributed by atoms with Crippen LogP contribution in [0.3, 0.4) is 0 Å². The third kappa shape index (κ3) is 6.61. The Morgan fingerprint density at radius 2 is 1.57 bits per heavy atom. The van der Waals surface area contributed by atoms with Crippen molar-refractivity contribution < 1.29 is 14.3 Å². The molecule has 0 saturated heterocycles. The van der Waals surface area contributed by atoms with E-state index < -0.39 is 0 Å². The maximum Gasteiger partial charge on any atom is 0.164 e. The SMILES string of the molecule is CCN(CC)CCC(=O)c1ccc(OC(C)C)c(OC(C)C)c1. The van der Waals surface area contributed by atoms with Gasteiger partial charge in [-0.1, -0.05) is 13.8 Å². The highest BCUT2D eigenvalue weighted by Gasteiger charge is 2.14. The average Bonchev–Trinajstić information content (AvgIpc) is 2.48. The van der Waals surface area contributed by atoms with E-state index in [9.17, 15) is 4.79 Å². The van der Waals surface area contributed by atoms with Crippen molar-refractivity contribution in [3.8, 4) is 11.5 Å². The number of benzene rings is 1. The predicted octanol–water partition coefficient (Wildman–Crippen LogP) is 4.18. The van der Waals surface area contributed by atoms with Gasteiger partial charge in [0.1, 0.15) is 0 Å². The van der Waals surface area contributed by atoms with Gasteiger partial charge >= 0.3 is 0 Å². The molecule has 0 amide bonds. The van der Waals surface area contributed by atoms with Crippen LogP contribution in [0.25, 0.3) is 0 Å². The molecular formula is C19H31NO3. The summed E-state index contributed by atoms with van der Waals surface area (Å²) < 4.78 is 11.6. The van der Waals surface area contributed by atoms with Gasteiger partial charge < -0.3 is 14.4 Å². The van der Waals surface area contributed by atoms with Crippen LogP contribution in [0.4, 0.5) is 0 Å². The quantitative estimate of drug-likeness (QED) is 0.606. The molecule has 0 aliphatic carbocycles. The Bertz CT molecular complexity index is 493. The lowest BCUT2D eigenvalue weighted by atomic mass is 10.1. The van der Waals surface area contributed by atoms with Gasteiger partial charge in [-0.15, -0.1) is 0 Å². The number of ether oxygens (including phenoxy) is 2. The lowest BCUT2D eigenvalue weighted by molar-refractivity contribution is 0.0965. The second kappa shape index (κ2) is 9.56. The van der Waals surface area contributed by atoms with Crippen LogP contribution in [-0.4, -0.2) is 42.5 Å². The van der Waals surface area contributed by atoms with Crippen molar-refractivity contribution in [1.82, 2.24) is 4.90 Å². The van der Waals surface area contributed by atoms with Crippen LogP contribution in [0.15, 0.2) is 18.2 Å². The van der Waals surface area contributed by atoms with Crippen molar-refractivity contribution in [1.29, 1.82) is 0 Å². The van der Waals surface area contributed by atoms with Gasteiger partial charge in [0.25, 0.3) is 0 Å². The summed E-state index contributed by atoms with van der Waals surface area (Å²) in [6.45, 7) is 14.8. The van der Waals surface area contributed by atoms with E-state index in [0.717, 1.165) is 19.6 Å². The summed E-state index contributed by atoms with van der Waals surface area (Å²) in [6, 6.07) is 5.47. The molecule has 0 aliphatic heterocycles. The Morgan fingerprint density at radius 3 is 2.09 bits per heavy atom. The summed E-state index contributed by atoms with van der Waals surface area (Å²) in [7, 11) is 0. The Balaban J connectivity index is 2.88. The molecule has 0 heterocycles. The van der Waals surface area contributed by atoms with E-state index in [0.29, 0.717) is 23.5 Å². The molecular weight excluding hydrogens is 290 g/mol.